The molecule has 2 amide bonds. The van der Waals surface area contributed by atoms with E-state index in [0.717, 1.165) is 5.41 Å². The lowest BCUT2D eigenvalue weighted by Crippen LogP contribution is -2.72. The molecule has 2 atom stereocenters. The first-order valence-electron chi connectivity index (χ1n) is 6.08. The topological polar surface area (TPSA) is 114 Å². The number of hydrogen-bond acceptors (Lipinski definition) is 6. The lowest BCUT2D eigenvalue weighted by molar-refractivity contribution is -0.876. The quantitative estimate of drug-likeness (QED) is 0.634. The van der Waals surface area contributed by atoms with Crippen LogP contribution in [-0.4, -0.2) is 57.3 Å². The molecule has 21 heavy (non-hydrogen) atoms. The molecule has 2 heterocycles. The van der Waals surface area contributed by atoms with Crippen molar-refractivity contribution in [3.63, 3.8) is 0 Å². The van der Waals surface area contributed by atoms with Crippen molar-refractivity contribution in [3.05, 3.63) is 23.6 Å². The van der Waals surface area contributed by atoms with E-state index < -0.39 is 49.2 Å². The second-order valence-corrected chi connectivity index (χ2v) is 8.82. The van der Waals surface area contributed by atoms with Gasteiger partial charge in [-0.25, -0.2) is 26.1 Å². The largest absolute Gasteiger partial charge is 0.335 e. The fourth-order valence-electron chi connectivity index (χ4n) is 2.29. The van der Waals surface area contributed by atoms with E-state index in [9.17, 15) is 26.4 Å². The maximum Gasteiger partial charge on any atom is 0.335 e. The highest BCUT2D eigenvalue weighted by Crippen LogP contribution is 2.31. The summed E-state index contributed by atoms with van der Waals surface area (Å²) in [7, 11) is -7.21. The van der Waals surface area contributed by atoms with Gasteiger partial charge in [0.2, 0.25) is 5.91 Å². The minimum atomic E-state index is -3.68. The molecule has 2 rings (SSSR count). The van der Waals surface area contributed by atoms with Crippen LogP contribution in [0.15, 0.2) is 23.6 Å². The fraction of sp³-hybridized carbons (Fsp3) is 0.455. The standard InChI is InChI=1S/C11H14N2O6S2/c1-2-20(16,17)7-10(14)12-9-3-4-13(9)5-6-21(18,19)8-11(13)15/h2,5-6,9H,1,3-4,7-8H2/p+1. The summed E-state index contributed by atoms with van der Waals surface area (Å²) in [6.45, 7) is 3.49. The second kappa shape index (κ2) is 5.04. The van der Waals surface area contributed by atoms with E-state index in [1.54, 1.807) is 0 Å². The fourth-order valence-corrected chi connectivity index (χ4v) is 3.94. The van der Waals surface area contributed by atoms with Gasteiger partial charge in [0.15, 0.2) is 31.6 Å². The molecule has 0 saturated carbocycles. The van der Waals surface area contributed by atoms with Crippen LogP contribution in [0.3, 0.4) is 0 Å². The predicted octanol–water partition coefficient (Wildman–Crippen LogP) is -1.37. The summed E-state index contributed by atoms with van der Waals surface area (Å²) in [5, 5.41) is 4.12. The van der Waals surface area contributed by atoms with E-state index in [2.05, 4.69) is 11.9 Å². The van der Waals surface area contributed by atoms with E-state index in [-0.39, 0.29) is 4.48 Å². The number of hydrogen-bond donors (Lipinski definition) is 1. The average molecular weight is 335 g/mol. The van der Waals surface area contributed by atoms with Crippen LogP contribution >= 0.6 is 0 Å². The van der Waals surface area contributed by atoms with Crippen LogP contribution in [0.5, 0.6) is 0 Å². The molecule has 1 saturated heterocycles. The molecule has 1 N–H and O–H groups in total. The molecule has 0 aromatic rings. The predicted molar refractivity (Wildman–Crippen MR) is 73.6 cm³/mol. The van der Waals surface area contributed by atoms with Crippen molar-refractivity contribution in [2.45, 2.75) is 12.6 Å². The summed E-state index contributed by atoms with van der Waals surface area (Å²) in [5.41, 5.74) is 0. The monoisotopic (exact) mass is 335 g/mol. The molecule has 2 aliphatic rings. The highest BCUT2D eigenvalue weighted by molar-refractivity contribution is 7.95. The Bertz CT molecular complexity index is 737. The van der Waals surface area contributed by atoms with Crippen molar-refractivity contribution in [2.24, 2.45) is 0 Å². The molecule has 0 radical (unpaired) electrons. The maximum atomic E-state index is 12.0. The van der Waals surface area contributed by atoms with Crippen molar-refractivity contribution < 1.29 is 30.9 Å². The van der Waals surface area contributed by atoms with E-state index >= 15 is 0 Å². The normalized spacial score (nSPS) is 30.7. The van der Waals surface area contributed by atoms with Crippen LogP contribution in [0, 0.1) is 0 Å². The van der Waals surface area contributed by atoms with E-state index in [1.807, 2.05) is 0 Å². The van der Waals surface area contributed by atoms with Gasteiger partial charge in [0.25, 0.3) is 0 Å². The molecule has 0 aliphatic carbocycles. The van der Waals surface area contributed by atoms with Gasteiger partial charge in [0.05, 0.1) is 18.4 Å². The summed E-state index contributed by atoms with van der Waals surface area (Å²) < 4.78 is 45.0. The Hall–Kier alpha value is -1.52. The smallest absolute Gasteiger partial charge is 0.305 e. The molecule has 0 aromatic heterocycles. The number of nitrogens with one attached hydrogen (secondary N) is 1. The zero-order valence-electron chi connectivity index (χ0n) is 11.1. The van der Waals surface area contributed by atoms with Gasteiger partial charge < -0.3 is 5.32 Å². The van der Waals surface area contributed by atoms with Crippen LogP contribution in [0.25, 0.3) is 0 Å². The number of amides is 2. The average Bonchev–Trinajstić information content (AvgIpc) is 2.33. The molecule has 2 aliphatic heterocycles. The van der Waals surface area contributed by atoms with Gasteiger partial charge in [-0.05, 0) is 0 Å². The summed E-state index contributed by atoms with van der Waals surface area (Å²) in [5.74, 6) is -2.63. The first-order chi connectivity index (χ1) is 9.60. The highest BCUT2D eigenvalue weighted by Gasteiger charge is 2.54. The molecule has 2 unspecified atom stereocenters. The minimum Gasteiger partial charge on any atom is -0.305 e. The summed E-state index contributed by atoms with van der Waals surface area (Å²) in [6, 6.07) is 0. The lowest BCUT2D eigenvalue weighted by Gasteiger charge is -2.47. The van der Waals surface area contributed by atoms with Crippen molar-refractivity contribution >= 4 is 31.5 Å². The van der Waals surface area contributed by atoms with Gasteiger partial charge in [-0.1, -0.05) is 6.58 Å². The van der Waals surface area contributed by atoms with E-state index in [1.165, 1.54) is 6.20 Å². The third-order valence-electron chi connectivity index (χ3n) is 3.57. The minimum absolute atomic E-state index is 0.279. The molecule has 1 spiro atoms. The summed E-state index contributed by atoms with van der Waals surface area (Å²) in [6.07, 6.45) is 1.09. The summed E-state index contributed by atoms with van der Waals surface area (Å²) >= 11 is 0. The van der Waals surface area contributed by atoms with Gasteiger partial charge in [-0.3, -0.25) is 4.79 Å². The Morgan fingerprint density at radius 2 is 2.19 bits per heavy atom. The zero-order valence-corrected chi connectivity index (χ0v) is 12.7. The van der Waals surface area contributed by atoms with Gasteiger partial charge in [-0.2, -0.15) is 0 Å². The number of quaternary nitrogens is 1. The Kier molecular flexibility index (Phi) is 3.80. The van der Waals surface area contributed by atoms with Crippen LogP contribution in [0.2, 0.25) is 0 Å². The molecular weight excluding hydrogens is 320 g/mol. The molecular formula is C11H15N2O6S2+. The third kappa shape index (κ3) is 3.06. The van der Waals surface area contributed by atoms with Crippen LogP contribution in [-0.2, 0) is 29.3 Å². The van der Waals surface area contributed by atoms with E-state index in [0.29, 0.717) is 18.4 Å². The zero-order chi connectivity index (χ0) is 15.9. The SMILES string of the molecule is C=CS(=O)(=O)CC(=O)NC1CC[N+]12C=CS(=O)(=O)CC2=O. The number of nitrogens with zero attached hydrogens (tertiary/aromatic N) is 1. The number of carbonyl (C=O) groups excluding carboxylic acids is 2. The molecule has 8 nitrogen and oxygen atoms in total. The number of carbonyl (C=O) groups is 2. The van der Waals surface area contributed by atoms with Crippen molar-refractivity contribution in [1.29, 1.82) is 0 Å². The third-order valence-corrected chi connectivity index (χ3v) is 5.92. The Morgan fingerprint density at radius 3 is 2.67 bits per heavy atom. The summed E-state index contributed by atoms with van der Waals surface area (Å²) in [4.78, 5) is 23.7. The van der Waals surface area contributed by atoms with Crippen molar-refractivity contribution in [2.75, 3.05) is 18.1 Å². The molecule has 0 bridgehead atoms. The van der Waals surface area contributed by atoms with Gasteiger partial charge in [0, 0.05) is 5.41 Å². The van der Waals surface area contributed by atoms with Crippen molar-refractivity contribution in [1.82, 2.24) is 5.32 Å². The lowest BCUT2D eigenvalue weighted by atomic mass is 10.1. The molecule has 10 heteroatoms. The number of rotatable bonds is 4. The number of sulfone groups is 2. The maximum absolute atomic E-state index is 12.0. The van der Waals surface area contributed by atoms with Gasteiger partial charge in [-0.15, -0.1) is 0 Å². The first-order valence-corrected chi connectivity index (χ1v) is 9.51. The Balaban J connectivity index is 2.12. The van der Waals surface area contributed by atoms with E-state index in [4.69, 9.17) is 0 Å². The van der Waals surface area contributed by atoms with Gasteiger partial charge in [0.1, 0.15) is 12.0 Å². The van der Waals surface area contributed by atoms with Gasteiger partial charge >= 0.3 is 5.91 Å². The Morgan fingerprint density at radius 1 is 1.52 bits per heavy atom. The highest BCUT2D eigenvalue weighted by atomic mass is 32.2. The second-order valence-electron chi connectivity index (χ2n) is 4.99. The van der Waals surface area contributed by atoms with Crippen molar-refractivity contribution in [3.8, 4) is 0 Å². The first kappa shape index (κ1) is 15.9. The van der Waals surface area contributed by atoms with Crippen LogP contribution < -0.4 is 5.32 Å². The van der Waals surface area contributed by atoms with Crippen LogP contribution in [0.4, 0.5) is 0 Å². The van der Waals surface area contributed by atoms with Crippen LogP contribution in [0.1, 0.15) is 6.42 Å². The molecule has 1 fully saturated rings. The Labute approximate surface area is 122 Å². The molecule has 116 valence electrons. The molecule has 0 aromatic carbocycles.